The Bertz CT molecular complexity index is 762. The second-order valence-corrected chi connectivity index (χ2v) is 6.31. The third kappa shape index (κ3) is 6.80. The number of nitrogens with one attached hydrogen (secondary N) is 1. The van der Waals surface area contributed by atoms with Crippen molar-refractivity contribution in [2.45, 2.75) is 25.8 Å². The summed E-state index contributed by atoms with van der Waals surface area (Å²) in [5.74, 6) is 0.425. The number of rotatable bonds is 9. The van der Waals surface area contributed by atoms with E-state index in [1.54, 1.807) is 35.0 Å². The third-order valence-corrected chi connectivity index (χ3v) is 4.06. The Hall–Kier alpha value is -1.98. The molecule has 5 nitrogen and oxygen atoms in total. The summed E-state index contributed by atoms with van der Waals surface area (Å²) in [6, 6.07) is 10.0. The summed E-state index contributed by atoms with van der Waals surface area (Å²) >= 11 is 11.8. The standard InChI is InChI=1S/C18H20Cl2N2O3/c19-14-6-7-16(15(20)13-14)25-12-8-17(23)21-9-2-4-11-22-10-3-1-5-18(22)24/h1,3,5-7,10,13H,2,4,8-9,11-12H2,(H,21,23). The molecule has 0 unspecified atom stereocenters. The maximum Gasteiger partial charge on any atom is 0.250 e. The molecular formula is C18H20Cl2N2O3. The molecule has 0 saturated carbocycles. The Labute approximate surface area is 156 Å². The van der Waals surface area contributed by atoms with Gasteiger partial charge in [0.15, 0.2) is 0 Å². The largest absolute Gasteiger partial charge is 0.491 e. The lowest BCUT2D eigenvalue weighted by molar-refractivity contribution is -0.121. The average molecular weight is 383 g/mol. The van der Waals surface area contributed by atoms with Crippen molar-refractivity contribution in [2.24, 2.45) is 0 Å². The molecule has 0 bridgehead atoms. The molecule has 0 aliphatic heterocycles. The maximum absolute atomic E-state index is 11.8. The van der Waals surface area contributed by atoms with Crippen LogP contribution in [0.3, 0.4) is 0 Å². The van der Waals surface area contributed by atoms with E-state index in [4.69, 9.17) is 27.9 Å². The van der Waals surface area contributed by atoms with Crippen molar-refractivity contribution < 1.29 is 9.53 Å². The molecule has 25 heavy (non-hydrogen) atoms. The molecule has 2 aromatic rings. The number of aryl methyl sites for hydroxylation is 1. The lowest BCUT2D eigenvalue weighted by atomic mass is 10.3. The van der Waals surface area contributed by atoms with Crippen molar-refractivity contribution >= 4 is 29.1 Å². The molecule has 1 aromatic carbocycles. The van der Waals surface area contributed by atoms with Gasteiger partial charge in [-0.3, -0.25) is 9.59 Å². The van der Waals surface area contributed by atoms with Crippen LogP contribution in [0.2, 0.25) is 10.0 Å². The van der Waals surface area contributed by atoms with Crippen molar-refractivity contribution in [1.29, 1.82) is 0 Å². The summed E-state index contributed by atoms with van der Waals surface area (Å²) in [5, 5.41) is 3.79. The van der Waals surface area contributed by atoms with E-state index in [2.05, 4.69) is 5.32 Å². The first-order valence-corrected chi connectivity index (χ1v) is 8.82. The lowest BCUT2D eigenvalue weighted by Gasteiger charge is -2.09. The molecule has 0 atom stereocenters. The van der Waals surface area contributed by atoms with Gasteiger partial charge in [-0.15, -0.1) is 0 Å². The van der Waals surface area contributed by atoms with Gasteiger partial charge in [0.2, 0.25) is 11.5 Å². The molecule has 1 aromatic heterocycles. The van der Waals surface area contributed by atoms with Gasteiger partial charge in [-0.05, 0) is 37.1 Å². The average Bonchev–Trinajstić information content (AvgIpc) is 2.58. The van der Waals surface area contributed by atoms with Crippen LogP contribution in [0.25, 0.3) is 0 Å². The zero-order chi connectivity index (χ0) is 18.1. The molecule has 134 valence electrons. The van der Waals surface area contributed by atoms with Crippen LogP contribution >= 0.6 is 23.2 Å². The van der Waals surface area contributed by atoms with Crippen LogP contribution in [-0.4, -0.2) is 23.6 Å². The zero-order valence-electron chi connectivity index (χ0n) is 13.7. The number of hydrogen-bond acceptors (Lipinski definition) is 3. The minimum Gasteiger partial charge on any atom is -0.491 e. The van der Waals surface area contributed by atoms with Crippen molar-refractivity contribution in [3.8, 4) is 5.75 Å². The van der Waals surface area contributed by atoms with E-state index in [1.165, 1.54) is 6.07 Å². The number of ether oxygens (including phenoxy) is 1. The van der Waals surface area contributed by atoms with E-state index in [-0.39, 0.29) is 24.5 Å². The fourth-order valence-corrected chi connectivity index (χ4v) is 2.68. The highest BCUT2D eigenvalue weighted by molar-refractivity contribution is 6.35. The van der Waals surface area contributed by atoms with Gasteiger partial charge in [0, 0.05) is 30.4 Å². The molecule has 0 aliphatic rings. The van der Waals surface area contributed by atoms with Gasteiger partial charge in [0.1, 0.15) is 5.75 Å². The number of halogens is 2. The smallest absolute Gasteiger partial charge is 0.250 e. The summed E-state index contributed by atoms with van der Waals surface area (Å²) in [6.45, 7) is 1.46. The number of hydrogen-bond donors (Lipinski definition) is 1. The molecular weight excluding hydrogens is 363 g/mol. The summed E-state index contributed by atoms with van der Waals surface area (Å²) < 4.78 is 7.13. The van der Waals surface area contributed by atoms with Crippen LogP contribution in [0.4, 0.5) is 0 Å². The first-order chi connectivity index (χ1) is 12.1. The highest BCUT2D eigenvalue weighted by atomic mass is 35.5. The predicted octanol–water partition coefficient (Wildman–Crippen LogP) is 3.52. The quantitative estimate of drug-likeness (QED) is 0.674. The Morgan fingerprint density at radius 3 is 2.76 bits per heavy atom. The molecule has 0 aliphatic carbocycles. The summed E-state index contributed by atoms with van der Waals surface area (Å²) in [7, 11) is 0. The van der Waals surface area contributed by atoms with Gasteiger partial charge in [-0.1, -0.05) is 29.3 Å². The zero-order valence-corrected chi connectivity index (χ0v) is 15.2. The van der Waals surface area contributed by atoms with Gasteiger partial charge >= 0.3 is 0 Å². The number of amides is 1. The van der Waals surface area contributed by atoms with Crippen molar-refractivity contribution in [1.82, 2.24) is 9.88 Å². The predicted molar refractivity (Wildman–Crippen MR) is 99.5 cm³/mol. The van der Waals surface area contributed by atoms with Crippen molar-refractivity contribution in [3.05, 3.63) is 63.0 Å². The summed E-state index contributed by atoms with van der Waals surface area (Å²) in [6.07, 6.45) is 3.63. The lowest BCUT2D eigenvalue weighted by Crippen LogP contribution is -2.26. The first kappa shape index (κ1) is 19.3. The molecule has 1 heterocycles. The third-order valence-electron chi connectivity index (χ3n) is 3.53. The minimum atomic E-state index is -0.0815. The number of carbonyl (C=O) groups is 1. The maximum atomic E-state index is 11.8. The van der Waals surface area contributed by atoms with E-state index in [0.29, 0.717) is 28.9 Å². The fraction of sp³-hybridized carbons (Fsp3) is 0.333. The highest BCUT2D eigenvalue weighted by Crippen LogP contribution is 2.27. The van der Waals surface area contributed by atoms with E-state index < -0.39 is 0 Å². The normalized spacial score (nSPS) is 10.5. The van der Waals surface area contributed by atoms with Crippen LogP contribution in [0.5, 0.6) is 5.75 Å². The van der Waals surface area contributed by atoms with Gasteiger partial charge in [0.25, 0.3) is 0 Å². The Balaban J connectivity index is 1.58. The van der Waals surface area contributed by atoms with Crippen LogP contribution in [0.15, 0.2) is 47.4 Å². The minimum absolute atomic E-state index is 0.00968. The second-order valence-electron chi connectivity index (χ2n) is 5.46. The van der Waals surface area contributed by atoms with E-state index in [9.17, 15) is 9.59 Å². The second kappa shape index (κ2) is 10.1. The van der Waals surface area contributed by atoms with Crippen molar-refractivity contribution in [2.75, 3.05) is 13.2 Å². The first-order valence-electron chi connectivity index (χ1n) is 8.06. The number of nitrogens with zero attached hydrogens (tertiary/aromatic N) is 1. The number of pyridine rings is 1. The Morgan fingerprint density at radius 2 is 2.00 bits per heavy atom. The van der Waals surface area contributed by atoms with Crippen LogP contribution < -0.4 is 15.6 Å². The topological polar surface area (TPSA) is 60.3 Å². The monoisotopic (exact) mass is 382 g/mol. The highest BCUT2D eigenvalue weighted by Gasteiger charge is 2.05. The molecule has 0 saturated heterocycles. The van der Waals surface area contributed by atoms with Gasteiger partial charge in [-0.25, -0.2) is 0 Å². The van der Waals surface area contributed by atoms with E-state index >= 15 is 0 Å². The summed E-state index contributed by atoms with van der Waals surface area (Å²) in [5.41, 5.74) is -0.00968. The Morgan fingerprint density at radius 1 is 1.16 bits per heavy atom. The number of unbranched alkanes of at least 4 members (excludes halogenated alkanes) is 1. The SMILES string of the molecule is O=C(CCOc1ccc(Cl)cc1Cl)NCCCCn1ccccc1=O. The molecule has 1 N–H and O–H groups in total. The number of benzene rings is 1. The Kier molecular flexibility index (Phi) is 7.82. The molecule has 7 heteroatoms. The van der Waals surface area contributed by atoms with E-state index in [0.717, 1.165) is 12.8 Å². The van der Waals surface area contributed by atoms with Crippen molar-refractivity contribution in [3.63, 3.8) is 0 Å². The van der Waals surface area contributed by atoms with Crippen LogP contribution in [0, 0.1) is 0 Å². The summed E-state index contributed by atoms with van der Waals surface area (Å²) in [4.78, 5) is 23.3. The molecule has 0 fully saturated rings. The van der Waals surface area contributed by atoms with Gasteiger partial charge in [0.05, 0.1) is 18.1 Å². The number of aromatic nitrogens is 1. The fourth-order valence-electron chi connectivity index (χ4n) is 2.21. The van der Waals surface area contributed by atoms with Gasteiger partial charge < -0.3 is 14.6 Å². The van der Waals surface area contributed by atoms with E-state index in [1.807, 2.05) is 6.07 Å². The molecule has 0 radical (unpaired) electrons. The van der Waals surface area contributed by atoms with Crippen LogP contribution in [0.1, 0.15) is 19.3 Å². The van der Waals surface area contributed by atoms with Crippen LogP contribution in [-0.2, 0) is 11.3 Å². The number of carbonyl (C=O) groups excluding carboxylic acids is 1. The molecule has 1 amide bonds. The molecule has 2 rings (SSSR count). The van der Waals surface area contributed by atoms with Gasteiger partial charge in [-0.2, -0.15) is 0 Å². The molecule has 0 spiro atoms.